The number of rotatable bonds is 38. The summed E-state index contributed by atoms with van der Waals surface area (Å²) in [6.07, 6.45) is -4.20. The molecule has 0 saturated carbocycles. The maximum absolute atomic E-state index is 14.6. The molecule has 3 heterocycles. The maximum atomic E-state index is 14.6. The number of amides is 10. The molecule has 107 heavy (non-hydrogen) atoms. The number of carbonyl (C=O) groups is 10. The summed E-state index contributed by atoms with van der Waals surface area (Å²) in [5, 5.41) is 19.2. The van der Waals surface area contributed by atoms with E-state index >= 15 is 0 Å². The number of carbonyl (C=O) groups excluding carboxylic acids is 10. The zero-order chi connectivity index (χ0) is 80.1. The highest BCUT2D eigenvalue weighted by Crippen LogP contribution is 2.38. The normalized spacial score (nSPS) is 18.4. The third-order valence-corrected chi connectivity index (χ3v) is 20.2. The van der Waals surface area contributed by atoms with Crippen LogP contribution < -0.4 is 47.7 Å². The molecule has 10 amide bonds. The van der Waals surface area contributed by atoms with Crippen molar-refractivity contribution in [2.45, 2.75) is 207 Å². The van der Waals surface area contributed by atoms with Gasteiger partial charge in [-0.1, -0.05) is 93.9 Å². The molecule has 25 nitrogen and oxygen atoms in total. The number of methoxy groups -OCH3 is 1. The molecule has 2 aromatic carbocycles. The van der Waals surface area contributed by atoms with Crippen molar-refractivity contribution < 1.29 is 92.5 Å². The Morgan fingerprint density at radius 3 is 1.89 bits per heavy atom. The largest absolute Gasteiger partial charge is 0.420 e. The number of hydrogen-bond acceptors (Lipinski definition) is 15. The second-order valence-corrected chi connectivity index (χ2v) is 29.1. The minimum atomic E-state index is -4.99. The number of benzene rings is 2. The molecular formula is C74H107F8N13O12. The summed E-state index contributed by atoms with van der Waals surface area (Å²) >= 11 is 0. The van der Waals surface area contributed by atoms with E-state index < -0.39 is 168 Å². The van der Waals surface area contributed by atoms with E-state index in [1.54, 1.807) is 74.1 Å². The number of nitrogens with zero attached hydrogens (tertiary/aromatic N) is 5. The number of pyridine rings is 1. The van der Waals surface area contributed by atoms with Crippen LogP contribution >= 0.6 is 0 Å². The molecule has 2 saturated heterocycles. The second kappa shape index (κ2) is 41.1. The molecule has 2 aliphatic heterocycles. The first-order valence-corrected chi connectivity index (χ1v) is 36.3. The number of likely N-dealkylation sites (tertiary alicyclic amines) is 2. The molecule has 3 aromatic rings. The topological polar surface area (TPSA) is 325 Å². The summed E-state index contributed by atoms with van der Waals surface area (Å²) in [7, 11) is 6.84. The minimum absolute atomic E-state index is 0.00419. The van der Waals surface area contributed by atoms with Gasteiger partial charge in [0.15, 0.2) is 0 Å². The van der Waals surface area contributed by atoms with Crippen LogP contribution in [0.1, 0.15) is 145 Å². The monoisotopic (exact) mass is 1520 g/mol. The fraction of sp³-hybridized carbons (Fsp3) is 0.635. The summed E-state index contributed by atoms with van der Waals surface area (Å²) in [6.45, 7) is 18.0. The Morgan fingerprint density at radius 2 is 1.33 bits per heavy atom. The van der Waals surface area contributed by atoms with E-state index in [4.69, 9.17) is 10.5 Å². The van der Waals surface area contributed by atoms with E-state index in [9.17, 15) is 83.1 Å². The van der Waals surface area contributed by atoms with Gasteiger partial charge in [0.25, 0.3) is 0 Å². The van der Waals surface area contributed by atoms with Gasteiger partial charge >= 0.3 is 18.2 Å². The van der Waals surface area contributed by atoms with Gasteiger partial charge in [0.1, 0.15) is 30.2 Å². The molecule has 3 unspecified atom stereocenters. The number of ether oxygens (including phenoxy) is 2. The molecule has 33 heteroatoms. The molecule has 0 spiro atoms. The number of aromatic nitrogens is 1. The van der Waals surface area contributed by atoms with Crippen LogP contribution in [0.2, 0.25) is 0 Å². The van der Waals surface area contributed by atoms with Crippen molar-refractivity contribution in [1.82, 2.24) is 56.5 Å². The lowest BCUT2D eigenvalue weighted by atomic mass is 9.86. The van der Waals surface area contributed by atoms with Crippen molar-refractivity contribution in [3.05, 3.63) is 89.0 Å². The Hall–Kier alpha value is -8.59. The van der Waals surface area contributed by atoms with E-state index in [1.807, 2.05) is 67.5 Å². The Labute approximate surface area is 620 Å². The van der Waals surface area contributed by atoms with Gasteiger partial charge in [0.05, 0.1) is 30.5 Å². The van der Waals surface area contributed by atoms with Gasteiger partial charge in [-0.3, -0.25) is 57.9 Å². The lowest BCUT2D eigenvalue weighted by molar-refractivity contribution is -0.197. The molecule has 0 aliphatic carbocycles. The lowest BCUT2D eigenvalue weighted by Crippen LogP contribution is -2.59. The Bertz CT molecular complexity index is 3490. The van der Waals surface area contributed by atoms with E-state index in [2.05, 4.69) is 46.9 Å². The van der Waals surface area contributed by atoms with Crippen LogP contribution in [-0.2, 0) is 60.9 Å². The van der Waals surface area contributed by atoms with Gasteiger partial charge in [-0.05, 0) is 132 Å². The fourth-order valence-electron chi connectivity index (χ4n) is 13.8. The van der Waals surface area contributed by atoms with E-state index in [1.165, 1.54) is 19.2 Å². The van der Waals surface area contributed by atoms with Crippen LogP contribution in [0.15, 0.2) is 48.7 Å². The highest BCUT2D eigenvalue weighted by molar-refractivity contribution is 5.98. The first kappa shape index (κ1) is 89.0. The third kappa shape index (κ3) is 25.0. The van der Waals surface area contributed by atoms with Crippen LogP contribution in [0.5, 0.6) is 5.75 Å². The summed E-state index contributed by atoms with van der Waals surface area (Å²) < 4.78 is 123. The molecule has 5 rings (SSSR count). The number of nitrogens with two attached hydrogens (primary N) is 1. The first-order chi connectivity index (χ1) is 50.2. The van der Waals surface area contributed by atoms with Crippen LogP contribution in [0, 0.1) is 70.5 Å². The van der Waals surface area contributed by atoms with Crippen molar-refractivity contribution in [2.75, 3.05) is 59.7 Å². The van der Waals surface area contributed by atoms with Crippen LogP contribution in [0.25, 0.3) is 0 Å². The zero-order valence-corrected chi connectivity index (χ0v) is 63.4. The molecule has 0 radical (unpaired) electrons. The zero-order valence-electron chi connectivity index (χ0n) is 63.4. The van der Waals surface area contributed by atoms with Gasteiger partial charge in [-0.15, -0.1) is 0 Å². The number of piperidine rings is 1. The number of nitrogens with one attached hydrogen (secondary N) is 7. The molecule has 1 aromatic heterocycles. The summed E-state index contributed by atoms with van der Waals surface area (Å²) in [4.78, 5) is 147. The molecule has 13 atom stereocenters. The standard InChI is InChI=1S/C74H107F8N13O12/c1-15-42(8)64(93(13)71(103)62(40(4)5)91-70(102)63(41(6)7)92(11)12)52(106-14)37-55(97)95-33-19-23-51(95)43(9)44(10)66(98)89-50(36-48-21-16-17-30-84-48)67(99)86-38-45-25-27-47(28-26-45)87-68(100)49(22-18-31-85-73(83)105)88-69(101)61(39(2)3)90-54(96)24-20-32-94-34-29-46(35-53(94)74(80,81)82)72(104)107-65-59(78)57(76)56(75)58(77)60(65)79/h16-17,21,25-28,30,39-44,46,49-53,61-64H,15,18-20,22-24,29,31-38H2,1-14H3,(H,86,99)(H,87,100)(H,88,101)(H,89,98)(H,90,96)(H,91,102)(H3,83,85,105)/t42-,43+,44+,46?,49?,50-,51-,52+,53?,61-,62-,63-,64-/m0/s1. The van der Waals surface area contributed by atoms with Crippen molar-refractivity contribution in [2.24, 2.45) is 47.2 Å². The van der Waals surface area contributed by atoms with E-state index in [0.29, 0.717) is 37.1 Å². The summed E-state index contributed by atoms with van der Waals surface area (Å²) in [6, 6.07) is 2.40. The SMILES string of the molecule is CC[C@H](C)[C@@H]([C@@H](CC(=O)N1CCC[C@H]1[C@H](C)[C@@H](C)C(=O)N[C@@H](Cc1ccccn1)C(=O)NCc1ccc(NC(=O)C(CCCNC(N)=O)NC(=O)[C@@H](NC(=O)CCCN2CCC(C(=O)Oc3c(F)c(F)c(F)c(F)c3F)CC2C(F)(F)F)C(C)C)cc1)OC)N(C)C(=O)[C@@H](NC(=O)[C@H](C(C)C)N(C)C)C(C)C. The molecule has 0 bridgehead atoms. The third-order valence-electron chi connectivity index (χ3n) is 20.2. The highest BCUT2D eigenvalue weighted by atomic mass is 19.4. The van der Waals surface area contributed by atoms with Crippen LogP contribution in [0.4, 0.5) is 45.6 Å². The number of likely N-dealkylation sites (N-methyl/N-ethyl adjacent to an activating group) is 2. The predicted octanol–water partition coefficient (Wildman–Crippen LogP) is 7.43. The Morgan fingerprint density at radius 1 is 0.701 bits per heavy atom. The predicted molar refractivity (Wildman–Crippen MR) is 381 cm³/mol. The number of urea groups is 1. The number of alkyl halides is 3. The maximum Gasteiger partial charge on any atom is 0.404 e. The van der Waals surface area contributed by atoms with Gasteiger partial charge in [-0.25, -0.2) is 18.0 Å². The Balaban J connectivity index is 1.20. The highest BCUT2D eigenvalue weighted by Gasteiger charge is 2.49. The van der Waals surface area contributed by atoms with E-state index in [0.717, 1.165) is 4.90 Å². The van der Waals surface area contributed by atoms with Gasteiger partial charge in [0, 0.05) is 76.2 Å². The number of anilines is 1. The first-order valence-electron chi connectivity index (χ1n) is 36.3. The number of esters is 1. The van der Waals surface area contributed by atoms with Crippen molar-refractivity contribution in [3.63, 3.8) is 0 Å². The summed E-state index contributed by atoms with van der Waals surface area (Å²) in [5.74, 6) is -23.8. The number of halogens is 8. The molecule has 9 N–H and O–H groups in total. The average molecular weight is 1520 g/mol. The molecule has 2 aliphatic rings. The van der Waals surface area contributed by atoms with Crippen LogP contribution in [-0.4, -0.2) is 199 Å². The average Bonchev–Trinajstić information content (AvgIpc) is 1.43. The van der Waals surface area contributed by atoms with Crippen molar-refractivity contribution in [3.8, 4) is 5.75 Å². The fourth-order valence-corrected chi connectivity index (χ4v) is 13.8. The molecular weight excluding hydrogens is 1410 g/mol. The summed E-state index contributed by atoms with van der Waals surface area (Å²) in [5.41, 5.74) is 6.59. The van der Waals surface area contributed by atoms with Gasteiger partial charge in [0.2, 0.25) is 82.1 Å². The second-order valence-electron chi connectivity index (χ2n) is 29.1. The lowest BCUT2D eigenvalue weighted by Gasteiger charge is -2.41. The quantitative estimate of drug-likeness (QED) is 0.00691. The van der Waals surface area contributed by atoms with Crippen molar-refractivity contribution in [1.29, 1.82) is 0 Å². The minimum Gasteiger partial charge on any atom is -0.420 e. The Kier molecular flexibility index (Phi) is 34.2. The number of hydrogen-bond donors (Lipinski definition) is 8. The van der Waals surface area contributed by atoms with Gasteiger partial charge < -0.3 is 62.2 Å². The van der Waals surface area contributed by atoms with Crippen molar-refractivity contribution >= 4 is 64.9 Å². The van der Waals surface area contributed by atoms with Crippen LogP contribution in [0.3, 0.4) is 0 Å². The molecule has 596 valence electrons. The molecule has 2 fully saturated rings. The smallest absolute Gasteiger partial charge is 0.404 e. The van der Waals surface area contributed by atoms with E-state index in [-0.39, 0.29) is 111 Å². The van der Waals surface area contributed by atoms with Gasteiger partial charge in [-0.2, -0.15) is 22.0 Å². The number of primary amides is 1.